The monoisotopic (exact) mass is 171 g/mol. The Morgan fingerprint density at radius 2 is 1.46 bits per heavy atom. The second-order valence-electron chi connectivity index (χ2n) is 2.65. The van der Waals surface area contributed by atoms with Gasteiger partial charge < -0.3 is 5.41 Å². The van der Waals surface area contributed by atoms with Crippen LogP contribution in [0.5, 0.6) is 0 Å². The van der Waals surface area contributed by atoms with Crippen molar-refractivity contribution in [1.29, 1.82) is 5.41 Å². The summed E-state index contributed by atoms with van der Waals surface area (Å²) in [5.41, 5.74) is 0.530. The van der Waals surface area contributed by atoms with Crippen LogP contribution in [0.15, 0.2) is 60.8 Å². The first-order chi connectivity index (χ1) is 6.39. The molecule has 0 heterocycles. The van der Waals surface area contributed by atoms with E-state index in [1.165, 1.54) is 0 Å². The van der Waals surface area contributed by atoms with Crippen LogP contribution in [-0.2, 0) is 0 Å². The predicted molar refractivity (Wildman–Crippen MR) is 58.0 cm³/mol. The lowest BCUT2D eigenvalue weighted by molar-refractivity contribution is 1.39. The first-order valence-corrected chi connectivity index (χ1v) is 4.31. The second kappa shape index (κ2) is 5.95. The van der Waals surface area contributed by atoms with Crippen molar-refractivity contribution in [3.63, 3.8) is 0 Å². The van der Waals surface area contributed by atoms with Gasteiger partial charge in [0, 0.05) is 0 Å². The highest BCUT2D eigenvalue weighted by Gasteiger charge is 1.80. The van der Waals surface area contributed by atoms with Crippen molar-refractivity contribution in [2.24, 2.45) is 0 Å². The molecule has 13 heavy (non-hydrogen) atoms. The van der Waals surface area contributed by atoms with Crippen LogP contribution in [0.25, 0.3) is 0 Å². The Morgan fingerprint density at radius 1 is 0.769 bits per heavy atom. The lowest BCUT2D eigenvalue weighted by Crippen LogP contribution is -1.81. The highest BCUT2D eigenvalue weighted by atomic mass is 14.4. The van der Waals surface area contributed by atoms with Crippen molar-refractivity contribution in [1.82, 2.24) is 0 Å². The third kappa shape index (κ3) is 4.75. The summed E-state index contributed by atoms with van der Waals surface area (Å²) < 4.78 is 0. The molecule has 0 unspecified atom stereocenters. The number of rotatable bonds is 0. The van der Waals surface area contributed by atoms with Gasteiger partial charge >= 0.3 is 0 Å². The quantitative estimate of drug-likeness (QED) is 0.578. The molecule has 0 spiro atoms. The van der Waals surface area contributed by atoms with Crippen LogP contribution in [0.3, 0.4) is 0 Å². The fraction of sp³-hybridized carbons (Fsp3) is 0.0833. The Kier molecular flexibility index (Phi) is 4.33. The largest absolute Gasteiger partial charge is 0.301 e. The fourth-order valence-electron chi connectivity index (χ4n) is 0.902. The van der Waals surface area contributed by atoms with E-state index in [4.69, 9.17) is 5.41 Å². The Morgan fingerprint density at radius 3 is 2.31 bits per heavy atom. The van der Waals surface area contributed by atoms with E-state index in [-0.39, 0.29) is 0 Å². The topological polar surface area (TPSA) is 23.9 Å². The van der Waals surface area contributed by atoms with Crippen molar-refractivity contribution in [2.75, 3.05) is 0 Å². The van der Waals surface area contributed by atoms with Gasteiger partial charge in [0.25, 0.3) is 0 Å². The number of allylic oxidation sites excluding steroid dienone is 10. The van der Waals surface area contributed by atoms with Crippen LogP contribution in [-0.4, -0.2) is 5.71 Å². The molecule has 0 bridgehead atoms. The van der Waals surface area contributed by atoms with Crippen molar-refractivity contribution in [3.8, 4) is 0 Å². The van der Waals surface area contributed by atoms with E-state index in [0.717, 1.165) is 6.42 Å². The lowest BCUT2D eigenvalue weighted by Gasteiger charge is -1.86. The van der Waals surface area contributed by atoms with Crippen LogP contribution in [0.1, 0.15) is 6.42 Å². The average molecular weight is 171 g/mol. The predicted octanol–water partition coefficient (Wildman–Crippen LogP) is 3.19. The van der Waals surface area contributed by atoms with Gasteiger partial charge in [-0.1, -0.05) is 48.6 Å². The van der Waals surface area contributed by atoms with E-state index in [9.17, 15) is 0 Å². The molecule has 0 atom stereocenters. The van der Waals surface area contributed by atoms with Gasteiger partial charge in [-0.15, -0.1) is 0 Å². The lowest BCUT2D eigenvalue weighted by atomic mass is 10.2. The molecule has 0 saturated heterocycles. The van der Waals surface area contributed by atoms with Gasteiger partial charge in [-0.2, -0.15) is 0 Å². The van der Waals surface area contributed by atoms with Crippen LogP contribution in [0.2, 0.25) is 0 Å². The molecular weight excluding hydrogens is 158 g/mol. The maximum atomic E-state index is 7.47. The highest BCUT2D eigenvalue weighted by molar-refractivity contribution is 6.01. The molecule has 1 heteroatoms. The summed E-state index contributed by atoms with van der Waals surface area (Å²) in [4.78, 5) is 0. The minimum absolute atomic E-state index is 0.530. The van der Waals surface area contributed by atoms with E-state index >= 15 is 0 Å². The maximum Gasteiger partial charge on any atom is 0.0536 e. The molecule has 0 aromatic heterocycles. The molecule has 1 N–H and O–H groups in total. The van der Waals surface area contributed by atoms with E-state index in [1.54, 1.807) is 12.2 Å². The molecule has 0 fully saturated rings. The Hall–Kier alpha value is -1.63. The Labute approximate surface area is 79.0 Å². The number of hydrogen-bond donors (Lipinski definition) is 1. The standard InChI is InChI=1S/C12H13N/c13-12-10-8-6-4-2-1-3-5-7-9-11-12/h1-6,8-11,13H,7H2/b2-1-,5-3-,6-4-,10-8?,11-9-,13-12?. The smallest absolute Gasteiger partial charge is 0.0536 e. The summed E-state index contributed by atoms with van der Waals surface area (Å²) in [5, 5.41) is 7.47. The van der Waals surface area contributed by atoms with E-state index < -0.39 is 0 Å². The summed E-state index contributed by atoms with van der Waals surface area (Å²) in [6, 6.07) is 0. The average Bonchev–Trinajstić information content (AvgIpc) is 2.11. The fourth-order valence-corrected chi connectivity index (χ4v) is 0.902. The SMILES string of the molecule is N=C1C=C\C=C/C=C\C=C/C/C=C\1. The molecule has 0 saturated carbocycles. The van der Waals surface area contributed by atoms with E-state index in [2.05, 4.69) is 6.08 Å². The zero-order chi connectivity index (χ0) is 9.36. The summed E-state index contributed by atoms with van der Waals surface area (Å²) >= 11 is 0. The molecule has 1 aliphatic carbocycles. The number of hydrogen-bond acceptors (Lipinski definition) is 1. The summed E-state index contributed by atoms with van der Waals surface area (Å²) in [6.45, 7) is 0. The molecule has 0 radical (unpaired) electrons. The van der Waals surface area contributed by atoms with Gasteiger partial charge in [0.2, 0.25) is 0 Å². The molecule has 1 rings (SSSR count). The van der Waals surface area contributed by atoms with Crippen molar-refractivity contribution in [3.05, 3.63) is 60.8 Å². The zero-order valence-corrected chi connectivity index (χ0v) is 7.48. The van der Waals surface area contributed by atoms with E-state index in [1.807, 2.05) is 42.5 Å². The molecule has 66 valence electrons. The van der Waals surface area contributed by atoms with Crippen LogP contribution in [0.4, 0.5) is 0 Å². The van der Waals surface area contributed by atoms with Gasteiger partial charge in [0.15, 0.2) is 0 Å². The minimum Gasteiger partial charge on any atom is -0.301 e. The van der Waals surface area contributed by atoms with Crippen molar-refractivity contribution in [2.45, 2.75) is 6.42 Å². The second-order valence-corrected chi connectivity index (χ2v) is 2.65. The molecule has 0 aromatic rings. The van der Waals surface area contributed by atoms with Crippen LogP contribution >= 0.6 is 0 Å². The summed E-state index contributed by atoms with van der Waals surface area (Å²) in [7, 11) is 0. The van der Waals surface area contributed by atoms with E-state index in [0.29, 0.717) is 5.71 Å². The Bertz CT molecular complexity index is 301. The van der Waals surface area contributed by atoms with Crippen molar-refractivity contribution < 1.29 is 0 Å². The zero-order valence-electron chi connectivity index (χ0n) is 7.48. The van der Waals surface area contributed by atoms with Crippen molar-refractivity contribution >= 4 is 5.71 Å². The van der Waals surface area contributed by atoms with Gasteiger partial charge in [0.1, 0.15) is 0 Å². The Balaban J connectivity index is 2.71. The van der Waals surface area contributed by atoms with Gasteiger partial charge in [0.05, 0.1) is 5.71 Å². The maximum absolute atomic E-state index is 7.47. The summed E-state index contributed by atoms with van der Waals surface area (Å²) in [6.07, 6.45) is 20.2. The van der Waals surface area contributed by atoms with Gasteiger partial charge in [-0.05, 0) is 18.6 Å². The molecule has 0 aliphatic heterocycles. The molecule has 1 aliphatic rings. The first kappa shape index (κ1) is 9.46. The highest BCUT2D eigenvalue weighted by Crippen LogP contribution is 1.92. The van der Waals surface area contributed by atoms with Crippen LogP contribution in [0, 0.1) is 5.41 Å². The third-order valence-electron chi connectivity index (χ3n) is 1.54. The first-order valence-electron chi connectivity index (χ1n) is 4.31. The molecule has 1 nitrogen and oxygen atoms in total. The third-order valence-corrected chi connectivity index (χ3v) is 1.54. The van der Waals surface area contributed by atoms with Gasteiger partial charge in [-0.25, -0.2) is 0 Å². The summed E-state index contributed by atoms with van der Waals surface area (Å²) in [5.74, 6) is 0. The number of nitrogens with one attached hydrogen (secondary N) is 1. The molecule has 0 amide bonds. The van der Waals surface area contributed by atoms with Gasteiger partial charge in [-0.3, -0.25) is 0 Å². The normalized spacial score (nSPS) is 26.9. The molecule has 0 aromatic carbocycles. The minimum atomic E-state index is 0.530. The van der Waals surface area contributed by atoms with Crippen LogP contribution < -0.4 is 0 Å². The molecular formula is C12H13N.